The average molecular weight is 634 g/mol. The van der Waals surface area contributed by atoms with E-state index < -0.39 is 29.0 Å². The van der Waals surface area contributed by atoms with E-state index in [2.05, 4.69) is 15.6 Å². The molecular weight excluding hydrogens is 608 g/mol. The number of carboxylic acid groups (broad SMARTS) is 1. The Morgan fingerprint density at radius 1 is 0.953 bits per heavy atom. The Bertz CT molecular complexity index is 1700. The van der Waals surface area contributed by atoms with Crippen molar-refractivity contribution in [3.8, 4) is 23.0 Å². The first kappa shape index (κ1) is 32.6. The number of nitrogens with zero attached hydrogens (tertiary/aromatic N) is 1. The molecule has 3 N–H and O–H groups in total. The molecule has 1 fully saturated rings. The van der Waals surface area contributed by atoms with E-state index in [4.69, 9.17) is 30.9 Å². The predicted molar refractivity (Wildman–Crippen MR) is 160 cm³/mol. The molecular formula is C30H26ClFKN3O7. The van der Waals surface area contributed by atoms with Crippen LogP contribution in [0.3, 0.4) is 0 Å². The van der Waals surface area contributed by atoms with Gasteiger partial charge in [-0.1, -0.05) is 17.7 Å². The maximum atomic E-state index is 15.1. The Morgan fingerprint density at radius 3 is 2.30 bits per heavy atom. The number of carboxylic acids is 1. The number of carbonyl (C=O) groups excluding carboxylic acids is 2. The number of aliphatic carboxylic acids is 1. The van der Waals surface area contributed by atoms with Crippen molar-refractivity contribution in [2.45, 2.75) is 19.3 Å². The first-order chi connectivity index (χ1) is 20.2. The fourth-order valence-electron chi connectivity index (χ4n) is 4.27. The Labute approximate surface area is 293 Å². The minimum atomic E-state index is -1.25. The standard InChI is InChI=1S/C30H25ClFN3O7.K.H/c1-40-25-15-20-22(16-26(25)41-12-8-27(36)37)33-11-7-23(20)42-24-6-5-19(14-21(24)32)35-29(39)30(9-10-30)28(38)34-18-4-2-3-17(31)13-18;;/h2-7,11,13-16H,8-10,12H2,1H3,(H,34,38)(H,35,39)(H,36,37);;. The van der Waals surface area contributed by atoms with E-state index in [9.17, 15) is 14.4 Å². The summed E-state index contributed by atoms with van der Waals surface area (Å²) >= 11 is 5.97. The molecule has 0 spiro atoms. The molecule has 1 aliphatic rings. The SMILES string of the molecule is COc1cc2c(Oc3ccc(NC(=O)C4(C(=O)Nc5cccc(Cl)c5)CC4)cc3F)ccnc2cc1OCCC(=O)O.[KH]. The second-order valence-electron chi connectivity index (χ2n) is 9.57. The number of carbonyl (C=O) groups is 3. The van der Waals surface area contributed by atoms with Crippen molar-refractivity contribution < 1.29 is 38.1 Å². The van der Waals surface area contributed by atoms with Crippen LogP contribution in [0.4, 0.5) is 15.8 Å². The molecule has 0 unspecified atom stereocenters. The first-order valence-electron chi connectivity index (χ1n) is 12.9. The van der Waals surface area contributed by atoms with Gasteiger partial charge in [-0.3, -0.25) is 19.4 Å². The summed E-state index contributed by atoms with van der Waals surface area (Å²) < 4.78 is 31.9. The van der Waals surface area contributed by atoms with Gasteiger partial charge in [0.1, 0.15) is 11.2 Å². The number of benzene rings is 3. The van der Waals surface area contributed by atoms with Gasteiger partial charge in [-0.2, -0.15) is 0 Å². The Morgan fingerprint density at radius 2 is 1.67 bits per heavy atom. The molecule has 43 heavy (non-hydrogen) atoms. The van der Waals surface area contributed by atoms with Gasteiger partial charge in [-0.15, -0.1) is 0 Å². The Balaban J connectivity index is 0.00000423. The number of hydrogen-bond acceptors (Lipinski definition) is 7. The number of rotatable bonds is 11. The molecule has 1 aromatic heterocycles. The Hall–Kier alpha value is -3.26. The monoisotopic (exact) mass is 633 g/mol. The van der Waals surface area contributed by atoms with Gasteiger partial charge in [0.2, 0.25) is 11.8 Å². The van der Waals surface area contributed by atoms with Crippen LogP contribution in [-0.2, 0) is 14.4 Å². The molecule has 2 amide bonds. The van der Waals surface area contributed by atoms with E-state index >= 15 is 4.39 Å². The van der Waals surface area contributed by atoms with Crippen molar-refractivity contribution in [1.29, 1.82) is 0 Å². The summed E-state index contributed by atoms with van der Waals surface area (Å²) in [6.45, 7) is -0.0603. The van der Waals surface area contributed by atoms with Crippen molar-refractivity contribution in [1.82, 2.24) is 4.98 Å². The number of hydrogen-bond donors (Lipinski definition) is 3. The number of halogens is 2. The van der Waals surface area contributed by atoms with E-state index in [1.165, 1.54) is 25.4 Å². The Kier molecular flexibility index (Phi) is 10.6. The summed E-state index contributed by atoms with van der Waals surface area (Å²) in [6, 6.07) is 15.3. The number of nitrogens with one attached hydrogen (secondary N) is 2. The molecule has 1 aliphatic carbocycles. The molecule has 0 atom stereocenters. The van der Waals surface area contributed by atoms with Crippen molar-refractivity contribution in [2.75, 3.05) is 24.4 Å². The van der Waals surface area contributed by atoms with Crippen LogP contribution >= 0.6 is 11.6 Å². The summed E-state index contributed by atoms with van der Waals surface area (Å²) in [6.07, 6.45) is 2.01. The summed E-state index contributed by atoms with van der Waals surface area (Å²) in [5.74, 6) is -1.95. The van der Waals surface area contributed by atoms with Gasteiger partial charge in [-0.05, 0) is 55.3 Å². The molecule has 218 valence electrons. The minimum absolute atomic E-state index is 0. The fraction of sp³-hybridized carbons (Fsp3) is 0.200. The van der Waals surface area contributed by atoms with Gasteiger partial charge in [0.25, 0.3) is 0 Å². The molecule has 3 aromatic carbocycles. The summed E-state index contributed by atoms with van der Waals surface area (Å²) in [4.78, 5) is 41.0. The van der Waals surface area contributed by atoms with E-state index in [1.54, 1.807) is 42.5 Å². The fourth-order valence-corrected chi connectivity index (χ4v) is 4.46. The number of pyridine rings is 1. The van der Waals surface area contributed by atoms with Gasteiger partial charge >= 0.3 is 57.4 Å². The predicted octanol–water partition coefficient (Wildman–Crippen LogP) is 5.39. The van der Waals surface area contributed by atoms with Crippen LogP contribution in [0, 0.1) is 11.2 Å². The number of aromatic nitrogens is 1. The van der Waals surface area contributed by atoms with Crippen LogP contribution < -0.4 is 24.8 Å². The summed E-state index contributed by atoms with van der Waals surface area (Å²) in [5, 5.41) is 15.2. The third-order valence-corrected chi connectivity index (χ3v) is 6.91. The van der Waals surface area contributed by atoms with Crippen molar-refractivity contribution in [3.63, 3.8) is 0 Å². The molecule has 10 nitrogen and oxygen atoms in total. The molecule has 1 saturated carbocycles. The summed E-state index contributed by atoms with van der Waals surface area (Å²) in [7, 11) is 1.43. The number of anilines is 2. The molecule has 13 heteroatoms. The van der Waals surface area contributed by atoms with Crippen molar-refractivity contribution >= 4 is 103 Å². The molecule has 4 aromatic rings. The van der Waals surface area contributed by atoms with Gasteiger partial charge < -0.3 is 30.0 Å². The molecule has 0 aliphatic heterocycles. The first-order valence-corrected chi connectivity index (χ1v) is 13.2. The van der Waals surface area contributed by atoms with Crippen molar-refractivity contribution in [3.05, 3.63) is 77.7 Å². The maximum absolute atomic E-state index is 15.1. The number of methoxy groups -OCH3 is 1. The number of amides is 2. The molecule has 0 saturated heterocycles. The molecule has 1 heterocycles. The molecule has 0 radical (unpaired) electrons. The summed E-state index contributed by atoms with van der Waals surface area (Å²) in [5.41, 5.74) is -0.161. The van der Waals surface area contributed by atoms with E-state index in [0.29, 0.717) is 46.0 Å². The van der Waals surface area contributed by atoms with Crippen LogP contribution in [-0.4, -0.2) is 93.0 Å². The zero-order valence-corrected chi connectivity index (χ0v) is 23.0. The topological polar surface area (TPSA) is 136 Å². The number of ether oxygens (including phenoxy) is 3. The normalized spacial score (nSPS) is 12.9. The van der Waals surface area contributed by atoms with Gasteiger partial charge in [-0.25, -0.2) is 4.39 Å². The zero-order chi connectivity index (χ0) is 29.9. The van der Waals surface area contributed by atoms with E-state index in [-0.39, 0.29) is 81.6 Å². The van der Waals surface area contributed by atoms with E-state index in [1.807, 2.05) is 0 Å². The van der Waals surface area contributed by atoms with Crippen LogP contribution in [0.5, 0.6) is 23.0 Å². The average Bonchev–Trinajstić information content (AvgIpc) is 3.77. The molecule has 0 bridgehead atoms. The molecule has 5 rings (SSSR count). The third-order valence-electron chi connectivity index (χ3n) is 6.67. The van der Waals surface area contributed by atoms with Crippen LogP contribution in [0.2, 0.25) is 5.02 Å². The van der Waals surface area contributed by atoms with Gasteiger partial charge in [0.05, 0.1) is 25.7 Å². The van der Waals surface area contributed by atoms with Crippen LogP contribution in [0.1, 0.15) is 19.3 Å². The quantitative estimate of drug-likeness (QED) is 0.148. The third kappa shape index (κ3) is 7.64. The van der Waals surface area contributed by atoms with Crippen LogP contribution in [0.25, 0.3) is 10.9 Å². The van der Waals surface area contributed by atoms with Crippen molar-refractivity contribution in [2.24, 2.45) is 5.41 Å². The second-order valence-corrected chi connectivity index (χ2v) is 10.0. The van der Waals surface area contributed by atoms with Crippen LogP contribution in [0.15, 0.2) is 66.9 Å². The second kappa shape index (κ2) is 14.0. The number of fused-ring (bicyclic) bond motifs is 1. The van der Waals surface area contributed by atoms with E-state index in [0.717, 1.165) is 6.07 Å². The zero-order valence-electron chi connectivity index (χ0n) is 22.3. The van der Waals surface area contributed by atoms with Gasteiger partial charge in [0, 0.05) is 40.1 Å². The van der Waals surface area contributed by atoms with Gasteiger partial charge in [0.15, 0.2) is 23.1 Å².